The van der Waals surface area contributed by atoms with Crippen LogP contribution in [0.5, 0.6) is 0 Å². The molecule has 2 aromatic carbocycles. The zero-order chi connectivity index (χ0) is 20.0. The Morgan fingerprint density at radius 1 is 1.15 bits per heavy atom. The van der Waals surface area contributed by atoms with E-state index < -0.39 is 33.8 Å². The van der Waals surface area contributed by atoms with E-state index in [0.29, 0.717) is 0 Å². The molecular weight excluding hydrogens is 375 g/mol. The Morgan fingerprint density at radius 3 is 2.52 bits per heavy atom. The van der Waals surface area contributed by atoms with Crippen molar-refractivity contribution in [3.63, 3.8) is 0 Å². The van der Waals surface area contributed by atoms with Crippen LogP contribution in [0.15, 0.2) is 53.4 Å². The maximum Gasteiger partial charge on any atom is 0.338 e. The van der Waals surface area contributed by atoms with Gasteiger partial charge in [-0.1, -0.05) is 25.1 Å². The number of carbonyl (C=O) groups excluding carboxylic acids is 2. The third kappa shape index (κ3) is 5.35. The fourth-order valence-corrected chi connectivity index (χ4v) is 3.23. The molecule has 1 unspecified atom stereocenters. The Balaban J connectivity index is 2.08. The number of para-hydroxylation sites is 1. The van der Waals surface area contributed by atoms with Crippen LogP contribution in [0.2, 0.25) is 0 Å². The maximum absolute atomic E-state index is 13.6. The van der Waals surface area contributed by atoms with Crippen molar-refractivity contribution in [1.82, 2.24) is 4.72 Å². The van der Waals surface area contributed by atoms with E-state index in [1.807, 2.05) is 0 Å². The lowest BCUT2D eigenvalue weighted by atomic mass is 10.2. The van der Waals surface area contributed by atoms with Crippen LogP contribution in [-0.2, 0) is 19.6 Å². The summed E-state index contributed by atoms with van der Waals surface area (Å²) in [6.07, 6.45) is -1.22. The van der Waals surface area contributed by atoms with Crippen LogP contribution in [0, 0.1) is 5.82 Å². The van der Waals surface area contributed by atoms with Crippen molar-refractivity contribution in [2.45, 2.75) is 24.8 Å². The minimum Gasteiger partial charge on any atom is -0.449 e. The van der Waals surface area contributed by atoms with Gasteiger partial charge in [-0.25, -0.2) is 22.3 Å². The number of amides is 1. The van der Waals surface area contributed by atoms with Crippen LogP contribution in [0.4, 0.5) is 10.1 Å². The van der Waals surface area contributed by atoms with Crippen molar-refractivity contribution in [1.29, 1.82) is 0 Å². The van der Waals surface area contributed by atoms with Gasteiger partial charge in [-0.15, -0.1) is 0 Å². The summed E-state index contributed by atoms with van der Waals surface area (Å²) in [5, 5.41) is 2.32. The number of carbonyl (C=O) groups is 2. The molecule has 0 saturated carbocycles. The molecule has 0 radical (unpaired) electrons. The molecule has 0 aliphatic rings. The number of sulfonamides is 1. The topological polar surface area (TPSA) is 102 Å². The quantitative estimate of drug-likeness (QED) is 0.702. The molecule has 144 valence electrons. The molecule has 2 N–H and O–H groups in total. The number of hydrogen-bond acceptors (Lipinski definition) is 5. The predicted molar refractivity (Wildman–Crippen MR) is 97.2 cm³/mol. The van der Waals surface area contributed by atoms with Gasteiger partial charge in [-0.3, -0.25) is 4.79 Å². The van der Waals surface area contributed by atoms with Crippen LogP contribution in [0.25, 0.3) is 0 Å². The van der Waals surface area contributed by atoms with E-state index in [9.17, 15) is 22.4 Å². The summed E-state index contributed by atoms with van der Waals surface area (Å²) in [5.41, 5.74) is -0.0661. The highest BCUT2D eigenvalue weighted by atomic mass is 32.2. The maximum atomic E-state index is 13.6. The second-order valence-corrected chi connectivity index (χ2v) is 7.31. The highest BCUT2D eigenvalue weighted by Gasteiger charge is 2.21. The smallest absolute Gasteiger partial charge is 0.338 e. The molecule has 0 aliphatic heterocycles. The van der Waals surface area contributed by atoms with E-state index in [1.165, 1.54) is 43.3 Å². The van der Waals surface area contributed by atoms with E-state index in [2.05, 4.69) is 10.0 Å². The number of anilines is 1. The third-order valence-electron chi connectivity index (χ3n) is 3.50. The Labute approximate surface area is 156 Å². The predicted octanol–water partition coefficient (Wildman–Crippen LogP) is 2.31. The van der Waals surface area contributed by atoms with Gasteiger partial charge in [0.1, 0.15) is 5.82 Å². The van der Waals surface area contributed by atoms with Gasteiger partial charge in [0, 0.05) is 6.54 Å². The summed E-state index contributed by atoms with van der Waals surface area (Å²) < 4.78 is 45.0. The van der Waals surface area contributed by atoms with Gasteiger partial charge in [0.25, 0.3) is 5.91 Å². The molecule has 9 heteroatoms. The average molecular weight is 394 g/mol. The molecule has 2 aromatic rings. The number of ether oxygens (including phenoxy) is 1. The van der Waals surface area contributed by atoms with Crippen LogP contribution in [0.3, 0.4) is 0 Å². The Kier molecular flexibility index (Phi) is 6.65. The molecule has 0 spiro atoms. The normalized spacial score (nSPS) is 12.3. The first-order valence-corrected chi connectivity index (χ1v) is 9.59. The van der Waals surface area contributed by atoms with E-state index in [1.54, 1.807) is 13.0 Å². The summed E-state index contributed by atoms with van der Waals surface area (Å²) in [4.78, 5) is 24.2. The van der Waals surface area contributed by atoms with Gasteiger partial charge in [-0.2, -0.15) is 0 Å². The lowest BCUT2D eigenvalue weighted by molar-refractivity contribution is -0.123. The third-order valence-corrected chi connectivity index (χ3v) is 5.04. The largest absolute Gasteiger partial charge is 0.449 e. The monoisotopic (exact) mass is 394 g/mol. The van der Waals surface area contributed by atoms with Gasteiger partial charge in [-0.05, 0) is 37.3 Å². The molecule has 0 aliphatic carbocycles. The number of halogens is 1. The van der Waals surface area contributed by atoms with Crippen LogP contribution < -0.4 is 10.0 Å². The Hall–Kier alpha value is -2.78. The number of nitrogens with one attached hydrogen (secondary N) is 2. The lowest BCUT2D eigenvalue weighted by Gasteiger charge is -2.14. The van der Waals surface area contributed by atoms with Crippen LogP contribution in [-0.4, -0.2) is 32.9 Å². The highest BCUT2D eigenvalue weighted by molar-refractivity contribution is 7.89. The van der Waals surface area contributed by atoms with Crippen LogP contribution in [0.1, 0.15) is 24.2 Å². The minimum absolute atomic E-state index is 0.0282. The van der Waals surface area contributed by atoms with Crippen molar-refractivity contribution in [2.75, 3.05) is 11.9 Å². The second-order valence-electron chi connectivity index (χ2n) is 5.55. The number of hydrogen-bond donors (Lipinski definition) is 2. The molecule has 0 fully saturated rings. The summed E-state index contributed by atoms with van der Waals surface area (Å²) in [5.74, 6) is -2.21. The zero-order valence-corrected chi connectivity index (χ0v) is 15.5. The summed E-state index contributed by atoms with van der Waals surface area (Å²) in [6.45, 7) is 3.16. The van der Waals surface area contributed by atoms with Crippen LogP contribution >= 0.6 is 0 Å². The van der Waals surface area contributed by atoms with E-state index >= 15 is 0 Å². The van der Waals surface area contributed by atoms with Crippen molar-refractivity contribution in [3.8, 4) is 0 Å². The molecule has 0 bridgehead atoms. The molecule has 7 nitrogen and oxygen atoms in total. The number of benzene rings is 2. The van der Waals surface area contributed by atoms with Gasteiger partial charge in [0.15, 0.2) is 6.10 Å². The molecule has 1 atom stereocenters. The first kappa shape index (κ1) is 20.5. The Bertz CT molecular complexity index is 946. The van der Waals surface area contributed by atoms with Crippen molar-refractivity contribution in [2.24, 2.45) is 0 Å². The lowest BCUT2D eigenvalue weighted by Crippen LogP contribution is -2.30. The summed E-state index contributed by atoms with van der Waals surface area (Å²) in [6, 6.07) is 10.8. The highest BCUT2D eigenvalue weighted by Crippen LogP contribution is 2.15. The second kappa shape index (κ2) is 8.74. The van der Waals surface area contributed by atoms with Gasteiger partial charge in [0.2, 0.25) is 10.0 Å². The van der Waals surface area contributed by atoms with Crippen molar-refractivity contribution < 1.29 is 27.1 Å². The molecular formula is C18H19FN2O5S. The first-order chi connectivity index (χ1) is 12.7. The minimum atomic E-state index is -3.74. The van der Waals surface area contributed by atoms with Gasteiger partial charge in [0.05, 0.1) is 16.1 Å². The molecule has 27 heavy (non-hydrogen) atoms. The average Bonchev–Trinajstić information content (AvgIpc) is 2.63. The summed E-state index contributed by atoms with van der Waals surface area (Å²) >= 11 is 0. The fourth-order valence-electron chi connectivity index (χ4n) is 2.14. The molecule has 0 aromatic heterocycles. The van der Waals surface area contributed by atoms with Crippen molar-refractivity contribution >= 4 is 27.6 Å². The molecule has 0 heterocycles. The van der Waals surface area contributed by atoms with Gasteiger partial charge >= 0.3 is 5.97 Å². The zero-order valence-electron chi connectivity index (χ0n) is 14.7. The van der Waals surface area contributed by atoms with E-state index in [0.717, 1.165) is 6.07 Å². The Morgan fingerprint density at radius 2 is 1.85 bits per heavy atom. The molecule has 1 amide bonds. The van der Waals surface area contributed by atoms with E-state index in [4.69, 9.17) is 4.74 Å². The fraction of sp³-hybridized carbons (Fsp3) is 0.222. The summed E-state index contributed by atoms with van der Waals surface area (Å²) in [7, 11) is -3.74. The van der Waals surface area contributed by atoms with Gasteiger partial charge < -0.3 is 10.1 Å². The van der Waals surface area contributed by atoms with E-state index in [-0.39, 0.29) is 22.7 Å². The standard InChI is InChI=1S/C18H19FN2O5S/c1-3-20-27(24,25)14-8-6-7-13(11-14)18(23)26-12(2)17(22)21-16-10-5-4-9-15(16)19/h4-12,20H,3H2,1-2H3,(H,21,22). The SMILES string of the molecule is CCNS(=O)(=O)c1cccc(C(=O)OC(C)C(=O)Nc2ccccc2F)c1. The molecule has 2 rings (SSSR count). The number of esters is 1. The first-order valence-electron chi connectivity index (χ1n) is 8.10. The number of rotatable bonds is 7. The molecule has 0 saturated heterocycles. The van der Waals surface area contributed by atoms with Crippen molar-refractivity contribution in [3.05, 3.63) is 59.9 Å².